The van der Waals surface area contributed by atoms with Crippen molar-refractivity contribution >= 4 is 0 Å². The van der Waals surface area contributed by atoms with E-state index in [9.17, 15) is 0 Å². The van der Waals surface area contributed by atoms with Crippen molar-refractivity contribution in [2.45, 2.75) is 122 Å². The summed E-state index contributed by atoms with van der Waals surface area (Å²) in [6.45, 7) is 0.946. The fraction of sp³-hybridized carbons (Fsp3) is 1.00. The predicted octanol–water partition coefficient (Wildman–Crippen LogP) is 7.67. The second-order valence-corrected chi connectivity index (χ2v) is 7.88. The van der Waals surface area contributed by atoms with Crippen LogP contribution in [0.4, 0.5) is 0 Å². The van der Waals surface area contributed by atoms with Crippen molar-refractivity contribution in [3.05, 3.63) is 0 Å². The molecule has 23 heavy (non-hydrogen) atoms. The first-order valence-corrected chi connectivity index (χ1v) is 10.9. The lowest BCUT2D eigenvalue weighted by atomic mass is 9.99. The van der Waals surface area contributed by atoms with Crippen LogP contribution in [0.25, 0.3) is 0 Å². The van der Waals surface area contributed by atoms with Crippen LogP contribution in [0.2, 0.25) is 0 Å². The van der Waals surface area contributed by atoms with Gasteiger partial charge >= 0.3 is 0 Å². The fourth-order valence-electron chi connectivity index (χ4n) is 4.10. The van der Waals surface area contributed by atoms with Gasteiger partial charge in [0.25, 0.3) is 0 Å². The third-order valence-electron chi connectivity index (χ3n) is 5.69. The zero-order valence-electron chi connectivity index (χ0n) is 16.1. The van der Waals surface area contributed by atoms with E-state index in [0.717, 1.165) is 12.5 Å². The minimum absolute atomic E-state index is 0.946. The maximum absolute atomic E-state index is 5.06. The number of methoxy groups -OCH3 is 1. The normalized spacial score (nSPS) is 18.1. The summed E-state index contributed by atoms with van der Waals surface area (Å²) >= 11 is 0. The van der Waals surface area contributed by atoms with Gasteiger partial charge in [0, 0.05) is 13.7 Å². The lowest BCUT2D eigenvalue weighted by molar-refractivity contribution is 0.192. The molecule has 2 fully saturated rings. The second-order valence-electron chi connectivity index (χ2n) is 7.88. The topological polar surface area (TPSA) is 9.23 Å². The molecule has 0 aliphatic heterocycles. The first-order chi connectivity index (χ1) is 11.4. The van der Waals surface area contributed by atoms with E-state index in [1.54, 1.807) is 7.11 Å². The zero-order valence-corrected chi connectivity index (χ0v) is 16.1. The van der Waals surface area contributed by atoms with E-state index in [4.69, 9.17) is 4.74 Å². The van der Waals surface area contributed by atoms with E-state index in [0.29, 0.717) is 0 Å². The Bertz CT molecular complexity index is 208. The van der Waals surface area contributed by atoms with Crippen LogP contribution in [0.15, 0.2) is 0 Å². The number of unbranched alkanes of at least 4 members (excludes halogenated alkanes) is 8. The van der Waals surface area contributed by atoms with Gasteiger partial charge in [-0.25, -0.2) is 0 Å². The van der Waals surface area contributed by atoms with Gasteiger partial charge in [-0.2, -0.15) is 0 Å². The molecule has 2 aliphatic rings. The van der Waals surface area contributed by atoms with Gasteiger partial charge in [-0.15, -0.1) is 0 Å². The molecule has 0 aromatic heterocycles. The van der Waals surface area contributed by atoms with Gasteiger partial charge in [0.15, 0.2) is 0 Å². The molecule has 1 heteroatoms. The highest BCUT2D eigenvalue weighted by Crippen LogP contribution is 2.29. The lowest BCUT2D eigenvalue weighted by Crippen LogP contribution is -1.92. The van der Waals surface area contributed by atoms with E-state index in [-0.39, 0.29) is 0 Å². The van der Waals surface area contributed by atoms with E-state index in [2.05, 4.69) is 0 Å². The Hall–Kier alpha value is -0.0400. The van der Waals surface area contributed by atoms with Crippen LogP contribution >= 0.6 is 0 Å². The molecule has 1 nitrogen and oxygen atoms in total. The van der Waals surface area contributed by atoms with Crippen LogP contribution in [-0.4, -0.2) is 13.7 Å². The first-order valence-electron chi connectivity index (χ1n) is 10.9. The Morgan fingerprint density at radius 1 is 0.565 bits per heavy atom. The number of ether oxygens (including phenoxy) is 1. The van der Waals surface area contributed by atoms with Gasteiger partial charge in [0.05, 0.1) is 0 Å². The van der Waals surface area contributed by atoms with Crippen molar-refractivity contribution in [3.8, 4) is 0 Å². The van der Waals surface area contributed by atoms with Gasteiger partial charge in [0.1, 0.15) is 0 Å². The monoisotopic (exact) mass is 324 g/mol. The van der Waals surface area contributed by atoms with Crippen LogP contribution in [0.3, 0.4) is 0 Å². The zero-order chi connectivity index (χ0) is 16.4. The molecule has 0 spiro atoms. The number of hydrogen-bond donors (Lipinski definition) is 0. The van der Waals surface area contributed by atoms with Crippen molar-refractivity contribution in [3.63, 3.8) is 0 Å². The van der Waals surface area contributed by atoms with Gasteiger partial charge in [-0.1, -0.05) is 116 Å². The summed E-state index contributed by atoms with van der Waals surface area (Å²) in [5.74, 6) is 1.10. The van der Waals surface area contributed by atoms with Crippen LogP contribution in [0, 0.1) is 5.92 Å². The molecule has 0 bridgehead atoms. The SMILES string of the molecule is C1CCCC1.COCCCCCCCCCCCC1CCCC1. The van der Waals surface area contributed by atoms with Crippen LogP contribution in [-0.2, 0) is 4.74 Å². The highest BCUT2D eigenvalue weighted by molar-refractivity contribution is 4.67. The van der Waals surface area contributed by atoms with Crippen LogP contribution < -0.4 is 0 Å². The molecule has 2 aliphatic carbocycles. The lowest BCUT2D eigenvalue weighted by Gasteiger charge is -2.07. The highest BCUT2D eigenvalue weighted by atomic mass is 16.5. The summed E-state index contributed by atoms with van der Waals surface area (Å²) in [5, 5.41) is 0. The van der Waals surface area contributed by atoms with Crippen LogP contribution in [0.1, 0.15) is 122 Å². The smallest absolute Gasteiger partial charge is 0.0462 e. The Kier molecular flexibility index (Phi) is 15.3. The molecule has 0 aromatic carbocycles. The van der Waals surface area contributed by atoms with Gasteiger partial charge in [-0.3, -0.25) is 0 Å². The number of hydrogen-bond acceptors (Lipinski definition) is 1. The van der Waals surface area contributed by atoms with Crippen molar-refractivity contribution in [2.24, 2.45) is 5.92 Å². The summed E-state index contributed by atoms with van der Waals surface area (Å²) in [5.41, 5.74) is 0. The summed E-state index contributed by atoms with van der Waals surface area (Å²) in [6, 6.07) is 0. The Morgan fingerprint density at radius 2 is 1.00 bits per heavy atom. The Labute approximate surface area is 147 Å². The van der Waals surface area contributed by atoms with Crippen molar-refractivity contribution in [1.82, 2.24) is 0 Å². The van der Waals surface area contributed by atoms with Crippen molar-refractivity contribution in [2.75, 3.05) is 13.7 Å². The summed E-state index contributed by atoms with van der Waals surface area (Å²) < 4.78 is 5.06. The molecule has 0 N–H and O–H groups in total. The largest absolute Gasteiger partial charge is 0.385 e. The number of rotatable bonds is 12. The third-order valence-corrected chi connectivity index (χ3v) is 5.69. The minimum Gasteiger partial charge on any atom is -0.385 e. The molecule has 0 unspecified atom stereocenters. The fourth-order valence-corrected chi connectivity index (χ4v) is 4.10. The first kappa shape index (κ1) is 21.0. The molecule has 2 rings (SSSR count). The standard InChI is InChI=1S/C17H34O.C5H10/c1-18-16-12-8-6-4-2-3-5-7-9-13-17-14-10-11-15-17;1-2-4-5-3-1/h17H,2-16H2,1H3;1-5H2. The summed E-state index contributed by atoms with van der Waals surface area (Å²) in [7, 11) is 1.80. The van der Waals surface area contributed by atoms with E-state index in [1.807, 2.05) is 0 Å². The van der Waals surface area contributed by atoms with Gasteiger partial charge in [0.2, 0.25) is 0 Å². The van der Waals surface area contributed by atoms with Crippen molar-refractivity contribution in [1.29, 1.82) is 0 Å². The van der Waals surface area contributed by atoms with E-state index in [1.165, 1.54) is 122 Å². The maximum atomic E-state index is 5.06. The van der Waals surface area contributed by atoms with Gasteiger partial charge in [-0.05, 0) is 12.3 Å². The quantitative estimate of drug-likeness (QED) is 0.334. The van der Waals surface area contributed by atoms with E-state index >= 15 is 0 Å². The molecule has 0 aromatic rings. The Morgan fingerprint density at radius 3 is 1.48 bits per heavy atom. The summed E-state index contributed by atoms with van der Waals surface area (Å²) in [6.07, 6.45) is 27.9. The molecule has 2 saturated carbocycles. The maximum Gasteiger partial charge on any atom is 0.0462 e. The molecule has 0 atom stereocenters. The van der Waals surface area contributed by atoms with Gasteiger partial charge < -0.3 is 4.74 Å². The molecular formula is C22H44O. The molecule has 0 heterocycles. The average molecular weight is 325 g/mol. The Balaban J connectivity index is 0.000000446. The van der Waals surface area contributed by atoms with Crippen molar-refractivity contribution < 1.29 is 4.74 Å². The van der Waals surface area contributed by atoms with E-state index < -0.39 is 0 Å². The minimum atomic E-state index is 0.946. The highest BCUT2D eigenvalue weighted by Gasteiger charge is 2.13. The molecule has 138 valence electrons. The molecule has 0 amide bonds. The predicted molar refractivity (Wildman–Crippen MR) is 103 cm³/mol. The molecular weight excluding hydrogens is 280 g/mol. The molecule has 0 saturated heterocycles. The second kappa shape index (κ2) is 16.8. The summed E-state index contributed by atoms with van der Waals surface area (Å²) in [4.78, 5) is 0. The van der Waals surface area contributed by atoms with Crippen LogP contribution in [0.5, 0.6) is 0 Å². The average Bonchev–Trinajstić information content (AvgIpc) is 3.28. The third kappa shape index (κ3) is 14.0. The molecule has 0 radical (unpaired) electrons.